The number of esters is 1. The van der Waals surface area contributed by atoms with Gasteiger partial charge in [0.15, 0.2) is 5.97 Å². The molecule has 16 heavy (non-hydrogen) atoms. The van der Waals surface area contributed by atoms with Crippen LogP contribution in [-0.2, 0) is 19.1 Å². The number of ether oxygens (including phenoxy) is 1. The van der Waals surface area contributed by atoms with E-state index in [1.54, 1.807) is 20.8 Å². The van der Waals surface area contributed by atoms with Crippen LogP contribution in [-0.4, -0.2) is 33.8 Å². The molecule has 0 atom stereocenters. The Morgan fingerprint density at radius 1 is 1.31 bits per heavy atom. The van der Waals surface area contributed by atoms with Crippen LogP contribution >= 0.6 is 0 Å². The molecule has 0 rings (SSSR count). The van der Waals surface area contributed by atoms with Crippen molar-refractivity contribution in [1.29, 1.82) is 5.53 Å². The zero-order valence-corrected chi connectivity index (χ0v) is 9.20. The predicted molar refractivity (Wildman–Crippen MR) is 48.5 cm³/mol. The third-order valence-corrected chi connectivity index (χ3v) is 1.29. The molecule has 88 valence electrons. The first-order chi connectivity index (χ1) is 7.17. The van der Waals surface area contributed by atoms with E-state index in [-0.39, 0.29) is 0 Å². The van der Waals surface area contributed by atoms with Gasteiger partial charge in [0.2, 0.25) is 0 Å². The van der Waals surface area contributed by atoms with E-state index in [9.17, 15) is 19.5 Å². The first-order valence-corrected chi connectivity index (χ1v) is 4.38. The average molecular weight is 228 g/mol. The van der Waals surface area contributed by atoms with Crippen LogP contribution in [0.4, 0.5) is 0 Å². The molecule has 7 heteroatoms. The van der Waals surface area contributed by atoms with Crippen LogP contribution in [0.5, 0.6) is 0 Å². The first kappa shape index (κ1) is 14.0. The number of ketones is 1. The fourth-order valence-corrected chi connectivity index (χ4v) is 0.814. The number of hydrogen-bond acceptors (Lipinski definition) is 6. The Bertz CT molecular complexity index is 374. The lowest BCUT2D eigenvalue weighted by atomic mass is 10.1. The quantitative estimate of drug-likeness (QED) is 0.211. The number of nitrogens with one attached hydrogen (secondary N) is 1. The van der Waals surface area contributed by atoms with E-state index in [0.717, 1.165) is 0 Å². The molecule has 0 saturated carbocycles. The second-order valence-electron chi connectivity index (χ2n) is 3.93. The lowest BCUT2D eigenvalue weighted by molar-refractivity contribution is -0.298. The Morgan fingerprint density at radius 2 is 1.81 bits per heavy atom. The second-order valence-corrected chi connectivity index (χ2v) is 3.93. The van der Waals surface area contributed by atoms with Crippen molar-refractivity contribution in [2.45, 2.75) is 32.8 Å². The minimum atomic E-state index is -1.89. The summed E-state index contributed by atoms with van der Waals surface area (Å²) in [5, 5.41) is 10.3. The highest BCUT2D eigenvalue weighted by molar-refractivity contribution is 6.62. The SMILES string of the molecule is CC(C)(C)OC(=O)CC(=O)C(=[N+]=N)C(=O)[O-]. The summed E-state index contributed by atoms with van der Waals surface area (Å²) < 4.78 is 4.79. The standard InChI is InChI=1S/C9H12N2O5/c1-9(2,3)16-6(13)4-5(12)7(11-10)8(14)15/h10H,4H2,1-3H3. The second kappa shape index (κ2) is 5.18. The van der Waals surface area contributed by atoms with Crippen LogP contribution in [0.15, 0.2) is 0 Å². The van der Waals surface area contributed by atoms with E-state index < -0.39 is 35.5 Å². The van der Waals surface area contributed by atoms with Crippen molar-refractivity contribution in [1.82, 2.24) is 0 Å². The molecule has 0 aromatic rings. The molecule has 0 heterocycles. The van der Waals surface area contributed by atoms with Gasteiger partial charge in [0.05, 0.1) is 10.3 Å². The highest BCUT2D eigenvalue weighted by Crippen LogP contribution is 2.08. The monoisotopic (exact) mass is 228 g/mol. The van der Waals surface area contributed by atoms with Gasteiger partial charge in [0.1, 0.15) is 12.0 Å². The van der Waals surface area contributed by atoms with Gasteiger partial charge >= 0.3 is 11.7 Å². The number of aliphatic carboxylic acids is 1. The molecule has 0 aliphatic carbocycles. The molecule has 0 fully saturated rings. The van der Waals surface area contributed by atoms with Gasteiger partial charge in [-0.15, -0.1) is 0 Å². The van der Waals surface area contributed by atoms with Gasteiger partial charge in [-0.2, -0.15) is 0 Å². The maximum Gasteiger partial charge on any atom is 0.430 e. The highest BCUT2D eigenvalue weighted by Gasteiger charge is 2.29. The van der Waals surface area contributed by atoms with Crippen molar-refractivity contribution in [2.75, 3.05) is 0 Å². The van der Waals surface area contributed by atoms with Gasteiger partial charge in [-0.3, -0.25) is 9.59 Å². The molecule has 0 radical (unpaired) electrons. The van der Waals surface area contributed by atoms with Crippen LogP contribution in [0.3, 0.4) is 0 Å². The number of rotatable bonds is 4. The van der Waals surface area contributed by atoms with E-state index in [2.05, 4.69) is 4.79 Å². The van der Waals surface area contributed by atoms with Crippen LogP contribution in [0.1, 0.15) is 27.2 Å². The highest BCUT2D eigenvalue weighted by atomic mass is 16.6. The predicted octanol–water partition coefficient (Wildman–Crippen LogP) is -1.28. The fourth-order valence-electron chi connectivity index (χ4n) is 0.814. The zero-order chi connectivity index (χ0) is 12.9. The smallest absolute Gasteiger partial charge is 0.430 e. The number of carboxylic acids is 1. The summed E-state index contributed by atoms with van der Waals surface area (Å²) in [4.78, 5) is 35.1. The van der Waals surface area contributed by atoms with Gasteiger partial charge in [0.25, 0.3) is 5.78 Å². The Kier molecular flexibility index (Phi) is 4.53. The van der Waals surface area contributed by atoms with Crippen molar-refractivity contribution in [3.63, 3.8) is 0 Å². The van der Waals surface area contributed by atoms with Gasteiger partial charge < -0.3 is 14.6 Å². The summed E-state index contributed by atoms with van der Waals surface area (Å²) in [5.41, 5.74) is 4.58. The maximum atomic E-state index is 11.1. The molecule has 7 nitrogen and oxygen atoms in total. The number of nitrogens with zero attached hydrogens (tertiary/aromatic N) is 1. The van der Waals surface area contributed by atoms with Gasteiger partial charge in [-0.1, -0.05) is 0 Å². The molecule has 0 bridgehead atoms. The van der Waals surface area contributed by atoms with Gasteiger partial charge in [-0.05, 0) is 20.8 Å². The number of carbonyl (C=O) groups is 3. The third-order valence-electron chi connectivity index (χ3n) is 1.29. The summed E-state index contributed by atoms with van der Waals surface area (Å²) in [7, 11) is 0. The van der Waals surface area contributed by atoms with Gasteiger partial charge in [0, 0.05) is 0 Å². The molecule has 0 aromatic heterocycles. The third kappa shape index (κ3) is 5.02. The van der Waals surface area contributed by atoms with E-state index in [0.29, 0.717) is 0 Å². The molecule has 0 saturated heterocycles. The lowest BCUT2D eigenvalue weighted by Crippen LogP contribution is -2.39. The van der Waals surface area contributed by atoms with E-state index in [4.69, 9.17) is 10.3 Å². The molecule has 0 aromatic carbocycles. The van der Waals surface area contributed by atoms with Crippen molar-refractivity contribution in [2.24, 2.45) is 0 Å². The van der Waals surface area contributed by atoms with Crippen LogP contribution in [0, 0.1) is 5.53 Å². The summed E-state index contributed by atoms with van der Waals surface area (Å²) >= 11 is 0. The number of carboxylic acid groups (broad SMARTS) is 1. The first-order valence-electron chi connectivity index (χ1n) is 4.38. The normalized spacial score (nSPS) is 10.2. The van der Waals surface area contributed by atoms with Crippen LogP contribution < -0.4 is 5.11 Å². The summed E-state index contributed by atoms with van der Waals surface area (Å²) in [6.45, 7) is 4.81. The van der Waals surface area contributed by atoms with E-state index in [1.165, 1.54) is 0 Å². The summed E-state index contributed by atoms with van der Waals surface area (Å²) in [6.07, 6.45) is -0.775. The average Bonchev–Trinajstić information content (AvgIpc) is 1.99. The molecule has 0 spiro atoms. The minimum Gasteiger partial charge on any atom is -0.538 e. The van der Waals surface area contributed by atoms with Crippen molar-refractivity contribution in [3.8, 4) is 0 Å². The molecule has 0 aliphatic heterocycles. The number of Topliss-reactive ketones (excluding diaryl/α,β-unsaturated/α-hetero) is 1. The largest absolute Gasteiger partial charge is 0.538 e. The van der Waals surface area contributed by atoms with Gasteiger partial charge in [-0.25, -0.2) is 0 Å². The molecule has 1 N–H and O–H groups in total. The molecular formula is C9H12N2O5. The Hall–Kier alpha value is -2.01. The van der Waals surface area contributed by atoms with Crippen LogP contribution in [0.2, 0.25) is 0 Å². The van der Waals surface area contributed by atoms with E-state index in [1.807, 2.05) is 0 Å². The minimum absolute atomic E-state index is 0.767. The van der Waals surface area contributed by atoms with E-state index >= 15 is 0 Å². The number of carbonyl (C=O) groups excluding carboxylic acids is 3. The topological polar surface area (TPSA) is 121 Å². The maximum absolute atomic E-state index is 11.1. The molecular weight excluding hydrogens is 216 g/mol. The number of hydrogen-bond donors (Lipinski definition) is 1. The zero-order valence-electron chi connectivity index (χ0n) is 9.20. The summed E-state index contributed by atoms with van der Waals surface area (Å²) in [6, 6.07) is 0. The van der Waals surface area contributed by atoms with Crippen molar-refractivity contribution < 1.29 is 29.0 Å². The molecule has 0 aliphatic rings. The van der Waals surface area contributed by atoms with Crippen molar-refractivity contribution >= 4 is 23.4 Å². The Labute approximate surface area is 91.6 Å². The fraction of sp³-hybridized carbons (Fsp3) is 0.556. The molecule has 0 unspecified atom stereocenters. The van der Waals surface area contributed by atoms with Crippen molar-refractivity contribution in [3.05, 3.63) is 0 Å². The Balaban J connectivity index is 4.53. The molecule has 0 amide bonds. The van der Waals surface area contributed by atoms with Crippen LogP contribution in [0.25, 0.3) is 0 Å². The lowest BCUT2D eigenvalue weighted by Gasteiger charge is -2.18. The summed E-state index contributed by atoms with van der Waals surface area (Å²) in [5.74, 6) is -3.87. The Morgan fingerprint density at radius 3 is 2.12 bits per heavy atom.